The predicted octanol–water partition coefficient (Wildman–Crippen LogP) is 1.37. The zero-order chi connectivity index (χ0) is 17.4. The Hall–Kier alpha value is -2.39. The van der Waals surface area contributed by atoms with E-state index >= 15 is 0 Å². The van der Waals surface area contributed by atoms with Crippen molar-refractivity contribution < 1.29 is 18.0 Å². The summed E-state index contributed by atoms with van der Waals surface area (Å²) in [5.41, 5.74) is 6.79. The second kappa shape index (κ2) is 6.01. The minimum absolute atomic E-state index is 0.0354. The lowest BCUT2D eigenvalue weighted by atomic mass is 10.2. The molecular formula is C13H17F3N6O. The van der Waals surface area contributed by atoms with Gasteiger partial charge in [-0.3, -0.25) is 9.48 Å². The summed E-state index contributed by atoms with van der Waals surface area (Å²) < 4.78 is 40.8. The van der Waals surface area contributed by atoms with E-state index in [1.165, 1.54) is 0 Å². The number of aryl methyl sites for hydroxylation is 2. The van der Waals surface area contributed by atoms with Gasteiger partial charge in [-0.25, -0.2) is 9.67 Å². The zero-order valence-electron chi connectivity index (χ0n) is 13.0. The van der Waals surface area contributed by atoms with Crippen LogP contribution in [0.25, 0.3) is 11.4 Å². The maximum Gasteiger partial charge on any atom is 0.408 e. The van der Waals surface area contributed by atoms with E-state index < -0.39 is 18.6 Å². The summed E-state index contributed by atoms with van der Waals surface area (Å²) in [7, 11) is 0. The molecule has 2 aromatic rings. The van der Waals surface area contributed by atoms with Gasteiger partial charge in [0, 0.05) is 12.2 Å². The minimum Gasteiger partial charge on any atom is -0.369 e. The van der Waals surface area contributed by atoms with Gasteiger partial charge >= 0.3 is 6.18 Å². The number of carbonyl (C=O) groups excluding carboxylic acids is 1. The van der Waals surface area contributed by atoms with Crippen molar-refractivity contribution in [2.24, 2.45) is 5.73 Å². The topological polar surface area (TPSA) is 91.6 Å². The van der Waals surface area contributed by atoms with Gasteiger partial charge in [-0.1, -0.05) is 0 Å². The number of primary amides is 1. The molecule has 0 bridgehead atoms. The normalized spacial score (nSPS) is 11.9. The second-order valence-electron chi connectivity index (χ2n) is 5.13. The average Bonchev–Trinajstić information content (AvgIpc) is 2.87. The molecule has 0 spiro atoms. The van der Waals surface area contributed by atoms with Crippen LogP contribution in [0.3, 0.4) is 0 Å². The van der Waals surface area contributed by atoms with Gasteiger partial charge in [0.1, 0.15) is 6.54 Å². The van der Waals surface area contributed by atoms with Crippen molar-refractivity contribution in [1.29, 1.82) is 0 Å². The van der Waals surface area contributed by atoms with Crippen LogP contribution < -0.4 is 5.73 Å². The standard InChI is InChI=1S/C13H17F3N6O/c1-4-21-8(3)11(7(2)19-21)12-18-10(5-9(17)23)20-22(12)6-13(14,15)16/h4-6H2,1-3H3,(H2,17,23). The molecule has 0 saturated heterocycles. The fraction of sp³-hybridized carbons (Fsp3) is 0.538. The Balaban J connectivity index is 2.57. The van der Waals surface area contributed by atoms with Crippen LogP contribution in [0.1, 0.15) is 24.1 Å². The van der Waals surface area contributed by atoms with Crippen LogP contribution in [0, 0.1) is 13.8 Å². The van der Waals surface area contributed by atoms with E-state index in [9.17, 15) is 18.0 Å². The second-order valence-corrected chi connectivity index (χ2v) is 5.13. The van der Waals surface area contributed by atoms with E-state index in [1.807, 2.05) is 6.92 Å². The summed E-state index contributed by atoms with van der Waals surface area (Å²) in [4.78, 5) is 15.1. The Bertz CT molecular complexity index is 731. The van der Waals surface area contributed by atoms with Gasteiger partial charge in [-0.15, -0.1) is 0 Å². The molecule has 0 saturated carbocycles. The molecule has 0 aromatic carbocycles. The lowest BCUT2D eigenvalue weighted by Crippen LogP contribution is -2.20. The number of aromatic nitrogens is 5. The number of hydrogen-bond donors (Lipinski definition) is 1. The molecule has 2 aromatic heterocycles. The third-order valence-corrected chi connectivity index (χ3v) is 3.28. The largest absolute Gasteiger partial charge is 0.408 e. The van der Waals surface area contributed by atoms with E-state index in [0.29, 0.717) is 23.5 Å². The van der Waals surface area contributed by atoms with Crippen LogP contribution >= 0.6 is 0 Å². The first-order valence-electron chi connectivity index (χ1n) is 6.95. The van der Waals surface area contributed by atoms with Crippen LogP contribution in [0.5, 0.6) is 0 Å². The SMILES string of the molecule is CCn1nc(C)c(-c2nc(CC(N)=O)nn2CC(F)(F)F)c1C. The molecule has 0 fully saturated rings. The number of nitrogens with two attached hydrogens (primary N) is 1. The predicted molar refractivity (Wildman–Crippen MR) is 75.3 cm³/mol. The average molecular weight is 330 g/mol. The first-order valence-corrected chi connectivity index (χ1v) is 6.95. The van der Waals surface area contributed by atoms with Crippen LogP contribution in [0.4, 0.5) is 13.2 Å². The summed E-state index contributed by atoms with van der Waals surface area (Å²) in [5, 5.41) is 8.05. The summed E-state index contributed by atoms with van der Waals surface area (Å²) in [5.74, 6) is -0.716. The molecule has 2 N–H and O–H groups in total. The lowest BCUT2D eigenvalue weighted by molar-refractivity contribution is -0.142. The molecular weight excluding hydrogens is 313 g/mol. The molecule has 7 nitrogen and oxygen atoms in total. The Labute approximate surface area is 130 Å². The number of hydrogen-bond acceptors (Lipinski definition) is 4. The number of amides is 1. The van der Waals surface area contributed by atoms with Crippen molar-refractivity contribution in [2.45, 2.75) is 46.5 Å². The highest BCUT2D eigenvalue weighted by molar-refractivity contribution is 5.76. The van der Waals surface area contributed by atoms with Gasteiger partial charge in [0.25, 0.3) is 0 Å². The molecule has 1 amide bonds. The number of nitrogens with zero attached hydrogens (tertiary/aromatic N) is 5. The first kappa shape index (κ1) is 17.0. The Kier molecular flexibility index (Phi) is 4.44. The van der Waals surface area contributed by atoms with E-state index in [4.69, 9.17) is 5.73 Å². The Morgan fingerprint density at radius 1 is 1.22 bits per heavy atom. The zero-order valence-corrected chi connectivity index (χ0v) is 13.0. The van der Waals surface area contributed by atoms with Gasteiger partial charge in [-0.05, 0) is 20.8 Å². The smallest absolute Gasteiger partial charge is 0.369 e. The maximum atomic E-state index is 12.8. The molecule has 0 radical (unpaired) electrons. The van der Waals surface area contributed by atoms with E-state index in [0.717, 1.165) is 4.68 Å². The molecule has 0 aliphatic rings. The third kappa shape index (κ3) is 3.69. The van der Waals surface area contributed by atoms with E-state index in [1.54, 1.807) is 18.5 Å². The van der Waals surface area contributed by atoms with Gasteiger partial charge in [-0.2, -0.15) is 23.4 Å². The monoisotopic (exact) mass is 330 g/mol. The van der Waals surface area contributed by atoms with Gasteiger partial charge in [0.05, 0.1) is 17.7 Å². The highest BCUT2D eigenvalue weighted by atomic mass is 19.4. The molecule has 2 rings (SSSR count). The Morgan fingerprint density at radius 3 is 2.35 bits per heavy atom. The third-order valence-electron chi connectivity index (χ3n) is 3.28. The highest BCUT2D eigenvalue weighted by Gasteiger charge is 2.32. The van der Waals surface area contributed by atoms with Gasteiger partial charge in [0.15, 0.2) is 11.6 Å². The summed E-state index contributed by atoms with van der Waals surface area (Å²) >= 11 is 0. The molecule has 23 heavy (non-hydrogen) atoms. The highest BCUT2D eigenvalue weighted by Crippen LogP contribution is 2.28. The van der Waals surface area contributed by atoms with Crippen LogP contribution in [-0.4, -0.2) is 36.6 Å². The molecule has 10 heteroatoms. The van der Waals surface area contributed by atoms with Crippen LogP contribution in [0.15, 0.2) is 0 Å². The number of rotatable bonds is 5. The van der Waals surface area contributed by atoms with Crippen molar-refractivity contribution in [3.05, 3.63) is 17.2 Å². The van der Waals surface area contributed by atoms with Crippen molar-refractivity contribution in [3.63, 3.8) is 0 Å². The van der Waals surface area contributed by atoms with Gasteiger partial charge < -0.3 is 5.73 Å². The van der Waals surface area contributed by atoms with Crippen molar-refractivity contribution >= 4 is 5.91 Å². The number of halogens is 3. The van der Waals surface area contributed by atoms with E-state index in [-0.39, 0.29) is 18.1 Å². The fourth-order valence-electron chi connectivity index (χ4n) is 2.41. The quantitative estimate of drug-likeness (QED) is 0.896. The van der Waals surface area contributed by atoms with Crippen LogP contribution in [-0.2, 0) is 24.3 Å². The lowest BCUT2D eigenvalue weighted by Gasteiger charge is -2.09. The minimum atomic E-state index is -4.46. The van der Waals surface area contributed by atoms with Crippen LogP contribution in [0.2, 0.25) is 0 Å². The number of alkyl halides is 3. The molecule has 126 valence electrons. The molecule has 0 aliphatic heterocycles. The Morgan fingerprint density at radius 2 is 1.87 bits per heavy atom. The molecule has 0 atom stereocenters. The van der Waals surface area contributed by atoms with E-state index in [2.05, 4.69) is 15.2 Å². The van der Waals surface area contributed by atoms with Crippen molar-refractivity contribution in [2.75, 3.05) is 0 Å². The van der Waals surface area contributed by atoms with Crippen molar-refractivity contribution in [1.82, 2.24) is 24.5 Å². The van der Waals surface area contributed by atoms with Crippen molar-refractivity contribution in [3.8, 4) is 11.4 Å². The number of carbonyl (C=O) groups is 1. The fourth-order valence-corrected chi connectivity index (χ4v) is 2.41. The summed E-state index contributed by atoms with van der Waals surface area (Å²) in [6.45, 7) is 4.59. The molecule has 0 unspecified atom stereocenters. The summed E-state index contributed by atoms with van der Waals surface area (Å²) in [6, 6.07) is 0. The first-order chi connectivity index (χ1) is 10.6. The summed E-state index contributed by atoms with van der Waals surface area (Å²) in [6.07, 6.45) is -4.78. The van der Waals surface area contributed by atoms with Gasteiger partial charge in [0.2, 0.25) is 5.91 Å². The molecule has 0 aliphatic carbocycles. The molecule has 2 heterocycles. The maximum absolute atomic E-state index is 12.8.